The largest absolute Gasteiger partial charge is 0.361 e. The van der Waals surface area contributed by atoms with Gasteiger partial charge in [0.25, 0.3) is 0 Å². The van der Waals surface area contributed by atoms with Crippen molar-refractivity contribution in [2.24, 2.45) is 0 Å². The lowest BCUT2D eigenvalue weighted by Gasteiger charge is -2.31. The molecule has 0 spiro atoms. The number of aromatic nitrogens is 1. The molecule has 0 fully saturated rings. The van der Waals surface area contributed by atoms with E-state index >= 15 is 0 Å². The van der Waals surface area contributed by atoms with E-state index in [0.717, 1.165) is 30.0 Å². The van der Waals surface area contributed by atoms with Crippen molar-refractivity contribution in [3.8, 4) is 0 Å². The molecule has 1 aromatic heterocycles. The van der Waals surface area contributed by atoms with Gasteiger partial charge in [0.05, 0.1) is 12.0 Å². The van der Waals surface area contributed by atoms with Gasteiger partial charge >= 0.3 is 0 Å². The molecule has 3 aromatic rings. The van der Waals surface area contributed by atoms with Gasteiger partial charge in [-0.1, -0.05) is 65.8 Å². The molecule has 28 heavy (non-hydrogen) atoms. The number of amides is 1. The SMILES string of the molecule is CNC(=O)C(C)N1CCc2onc(C(c3ccccc3)c3ccccc3)c2C1. The predicted molar refractivity (Wildman–Crippen MR) is 108 cm³/mol. The molecular weight excluding hydrogens is 350 g/mol. The standard InChI is InChI=1S/C23H25N3O2/c1-16(23(27)24-2)26-14-13-20-19(15-26)22(25-28-20)21(17-9-5-3-6-10-17)18-11-7-4-8-12-18/h3-12,16,21H,13-15H2,1-2H3,(H,24,27). The lowest BCUT2D eigenvalue weighted by Crippen LogP contribution is -2.46. The van der Waals surface area contributed by atoms with Gasteiger partial charge in [-0.25, -0.2) is 0 Å². The second-order valence-electron chi connectivity index (χ2n) is 7.23. The zero-order valence-corrected chi connectivity index (χ0v) is 16.3. The maximum atomic E-state index is 12.1. The number of fused-ring (bicyclic) bond motifs is 1. The Morgan fingerprint density at radius 2 is 1.68 bits per heavy atom. The second kappa shape index (κ2) is 7.98. The maximum absolute atomic E-state index is 12.1. The van der Waals surface area contributed by atoms with Gasteiger partial charge in [-0.05, 0) is 18.1 Å². The molecule has 2 aromatic carbocycles. The van der Waals surface area contributed by atoms with Crippen LogP contribution in [0.3, 0.4) is 0 Å². The summed E-state index contributed by atoms with van der Waals surface area (Å²) in [6.07, 6.45) is 0.764. The summed E-state index contributed by atoms with van der Waals surface area (Å²) in [6, 6.07) is 20.6. The topological polar surface area (TPSA) is 58.4 Å². The highest BCUT2D eigenvalue weighted by molar-refractivity contribution is 5.81. The summed E-state index contributed by atoms with van der Waals surface area (Å²) in [7, 11) is 1.68. The van der Waals surface area contributed by atoms with Crippen molar-refractivity contribution in [3.63, 3.8) is 0 Å². The highest BCUT2D eigenvalue weighted by Crippen LogP contribution is 2.36. The zero-order chi connectivity index (χ0) is 19.5. The normalized spacial score (nSPS) is 15.2. The van der Waals surface area contributed by atoms with Crippen LogP contribution < -0.4 is 5.32 Å². The van der Waals surface area contributed by atoms with Gasteiger partial charge in [0.1, 0.15) is 11.5 Å². The Labute approximate surface area is 165 Å². The summed E-state index contributed by atoms with van der Waals surface area (Å²) in [5.41, 5.74) is 4.42. The lowest BCUT2D eigenvalue weighted by molar-refractivity contribution is -0.125. The summed E-state index contributed by atoms with van der Waals surface area (Å²) < 4.78 is 5.75. The maximum Gasteiger partial charge on any atom is 0.236 e. The summed E-state index contributed by atoms with van der Waals surface area (Å²) in [4.78, 5) is 14.3. The van der Waals surface area contributed by atoms with Crippen LogP contribution in [0, 0.1) is 0 Å². The molecule has 5 heteroatoms. The van der Waals surface area contributed by atoms with E-state index < -0.39 is 0 Å². The number of carbonyl (C=O) groups is 1. The minimum Gasteiger partial charge on any atom is -0.361 e. The molecule has 0 saturated heterocycles. The van der Waals surface area contributed by atoms with E-state index in [1.54, 1.807) is 7.05 Å². The molecule has 1 amide bonds. The van der Waals surface area contributed by atoms with Gasteiger partial charge in [0, 0.05) is 32.1 Å². The predicted octanol–water partition coefficient (Wildman–Crippen LogP) is 3.35. The van der Waals surface area contributed by atoms with Crippen LogP contribution in [0.25, 0.3) is 0 Å². The van der Waals surface area contributed by atoms with Crippen LogP contribution >= 0.6 is 0 Å². The number of nitrogens with zero attached hydrogens (tertiary/aromatic N) is 2. The van der Waals surface area contributed by atoms with E-state index in [1.165, 1.54) is 11.1 Å². The molecule has 0 aliphatic carbocycles. The van der Waals surface area contributed by atoms with E-state index in [2.05, 4.69) is 63.9 Å². The van der Waals surface area contributed by atoms with Crippen LogP contribution in [-0.4, -0.2) is 35.6 Å². The number of hydrogen-bond donors (Lipinski definition) is 1. The lowest BCUT2D eigenvalue weighted by atomic mass is 9.85. The molecule has 1 unspecified atom stereocenters. The molecule has 1 N–H and O–H groups in total. The summed E-state index contributed by atoms with van der Waals surface area (Å²) in [5, 5.41) is 7.26. The van der Waals surface area contributed by atoms with Gasteiger partial charge in [-0.3, -0.25) is 9.69 Å². The highest BCUT2D eigenvalue weighted by atomic mass is 16.5. The smallest absolute Gasteiger partial charge is 0.236 e. The monoisotopic (exact) mass is 375 g/mol. The Kier molecular flexibility index (Phi) is 5.26. The first-order valence-electron chi connectivity index (χ1n) is 9.72. The van der Waals surface area contributed by atoms with Crippen molar-refractivity contribution in [3.05, 3.63) is 88.8 Å². The Morgan fingerprint density at radius 1 is 1.07 bits per heavy atom. The van der Waals surface area contributed by atoms with Crippen LogP contribution in [0.15, 0.2) is 65.2 Å². The minimum atomic E-state index is -0.187. The fourth-order valence-electron chi connectivity index (χ4n) is 3.98. The van der Waals surface area contributed by atoms with E-state index in [9.17, 15) is 4.79 Å². The molecule has 0 radical (unpaired) electrons. The number of rotatable bonds is 5. The molecule has 0 bridgehead atoms. The van der Waals surface area contributed by atoms with Crippen LogP contribution in [-0.2, 0) is 17.8 Å². The van der Waals surface area contributed by atoms with Crippen molar-refractivity contribution in [2.45, 2.75) is 31.8 Å². The van der Waals surface area contributed by atoms with Gasteiger partial charge in [-0.15, -0.1) is 0 Å². The quantitative estimate of drug-likeness (QED) is 0.743. The van der Waals surface area contributed by atoms with Crippen LogP contribution in [0.1, 0.15) is 41.0 Å². The first kappa shape index (κ1) is 18.4. The first-order valence-corrected chi connectivity index (χ1v) is 9.72. The number of likely N-dealkylation sites (N-methyl/N-ethyl adjacent to an activating group) is 1. The van der Waals surface area contributed by atoms with Crippen LogP contribution in [0.4, 0.5) is 0 Å². The third-order valence-corrected chi connectivity index (χ3v) is 5.60. The van der Waals surface area contributed by atoms with E-state index in [4.69, 9.17) is 4.52 Å². The third-order valence-electron chi connectivity index (χ3n) is 5.60. The first-order chi connectivity index (χ1) is 13.7. The van der Waals surface area contributed by atoms with Crippen LogP contribution in [0.2, 0.25) is 0 Å². The number of hydrogen-bond acceptors (Lipinski definition) is 4. The van der Waals surface area contributed by atoms with Crippen LogP contribution in [0.5, 0.6) is 0 Å². The van der Waals surface area contributed by atoms with E-state index in [0.29, 0.717) is 6.54 Å². The molecule has 1 aliphatic rings. The van der Waals surface area contributed by atoms with Gasteiger partial charge in [0.2, 0.25) is 5.91 Å². The van der Waals surface area contributed by atoms with E-state index in [1.807, 2.05) is 19.1 Å². The fraction of sp³-hybridized carbons (Fsp3) is 0.304. The average Bonchev–Trinajstić information content (AvgIpc) is 3.17. The van der Waals surface area contributed by atoms with Crippen molar-refractivity contribution >= 4 is 5.91 Å². The summed E-state index contributed by atoms with van der Waals surface area (Å²) in [6.45, 7) is 3.40. The highest BCUT2D eigenvalue weighted by Gasteiger charge is 2.32. The molecule has 4 rings (SSSR count). The van der Waals surface area contributed by atoms with Gasteiger partial charge < -0.3 is 9.84 Å². The van der Waals surface area contributed by atoms with Crippen molar-refractivity contribution in [1.82, 2.24) is 15.4 Å². The molecule has 2 heterocycles. The molecule has 1 atom stereocenters. The number of nitrogens with one attached hydrogen (secondary N) is 1. The minimum absolute atomic E-state index is 0.00478. The Hall–Kier alpha value is -2.92. The third kappa shape index (κ3) is 3.45. The molecular formula is C23H25N3O2. The summed E-state index contributed by atoms with van der Waals surface area (Å²) >= 11 is 0. The second-order valence-corrected chi connectivity index (χ2v) is 7.23. The molecule has 144 valence electrons. The molecule has 1 aliphatic heterocycles. The van der Waals surface area contributed by atoms with Crippen molar-refractivity contribution in [1.29, 1.82) is 0 Å². The van der Waals surface area contributed by atoms with Gasteiger partial charge in [0.15, 0.2) is 0 Å². The molecule has 0 saturated carbocycles. The Bertz CT molecular complexity index is 897. The van der Waals surface area contributed by atoms with Gasteiger partial charge in [-0.2, -0.15) is 0 Å². The average molecular weight is 375 g/mol. The Balaban J connectivity index is 1.74. The van der Waals surface area contributed by atoms with Crippen molar-refractivity contribution < 1.29 is 9.32 Å². The zero-order valence-electron chi connectivity index (χ0n) is 16.3. The fourth-order valence-corrected chi connectivity index (χ4v) is 3.98. The number of benzene rings is 2. The number of carbonyl (C=O) groups excluding carboxylic acids is 1. The van der Waals surface area contributed by atoms with E-state index in [-0.39, 0.29) is 17.9 Å². The summed E-state index contributed by atoms with van der Waals surface area (Å²) in [5.74, 6) is 0.974. The molecule has 5 nitrogen and oxygen atoms in total. The van der Waals surface area contributed by atoms with Crippen molar-refractivity contribution in [2.75, 3.05) is 13.6 Å². The Morgan fingerprint density at radius 3 is 2.25 bits per heavy atom.